The van der Waals surface area contributed by atoms with Crippen molar-refractivity contribution in [2.75, 3.05) is 38.7 Å². The largest absolute Gasteiger partial charge is 0.493 e. The monoisotopic (exact) mass is 330 g/mol. The molecule has 0 N–H and O–H groups in total. The summed E-state index contributed by atoms with van der Waals surface area (Å²) in [7, 11) is 0. The van der Waals surface area contributed by atoms with Gasteiger partial charge in [-0.3, -0.25) is 9.69 Å². The van der Waals surface area contributed by atoms with Crippen LogP contribution in [0.5, 0.6) is 5.75 Å². The lowest BCUT2D eigenvalue weighted by molar-refractivity contribution is -0.130. The number of hydrogen-bond donors (Lipinski definition) is 0. The van der Waals surface area contributed by atoms with Crippen molar-refractivity contribution < 1.29 is 9.53 Å². The first-order valence-corrected chi connectivity index (χ1v) is 7.60. The molecule has 0 radical (unpaired) electrons. The number of carbonyl (C=O) groups excluding carboxylic acids is 1. The van der Waals surface area contributed by atoms with Crippen molar-refractivity contribution in [3.8, 4) is 5.75 Å². The van der Waals surface area contributed by atoms with Crippen molar-refractivity contribution in [3.05, 3.63) is 29.3 Å². The molecule has 21 heavy (non-hydrogen) atoms. The Morgan fingerprint density at radius 2 is 2.00 bits per heavy atom. The minimum absolute atomic E-state index is 0. The SMILES string of the molecule is Cl.O=C(CCl)N1CCN(Cc2ccc3c(c2)CCO3)CC1. The lowest BCUT2D eigenvalue weighted by Crippen LogP contribution is -2.48. The van der Waals surface area contributed by atoms with E-state index in [4.69, 9.17) is 16.3 Å². The molecule has 1 fully saturated rings. The van der Waals surface area contributed by atoms with Crippen LogP contribution >= 0.6 is 24.0 Å². The summed E-state index contributed by atoms with van der Waals surface area (Å²) in [6, 6.07) is 6.46. The fourth-order valence-electron chi connectivity index (χ4n) is 2.84. The summed E-state index contributed by atoms with van der Waals surface area (Å²) in [5, 5.41) is 0. The van der Waals surface area contributed by atoms with Crippen molar-refractivity contribution in [1.82, 2.24) is 9.80 Å². The molecule has 1 aromatic carbocycles. The summed E-state index contributed by atoms with van der Waals surface area (Å²) in [5.41, 5.74) is 2.64. The standard InChI is InChI=1S/C15H19ClN2O2.ClH/c16-10-15(19)18-6-4-17(5-7-18)11-12-1-2-14-13(9-12)3-8-20-14;/h1-2,9H,3-8,10-11H2;1H. The maximum atomic E-state index is 11.5. The molecule has 2 heterocycles. The third-order valence-corrected chi connectivity index (χ3v) is 4.23. The number of alkyl halides is 1. The Morgan fingerprint density at radius 1 is 1.24 bits per heavy atom. The van der Waals surface area contributed by atoms with Gasteiger partial charge in [-0.1, -0.05) is 12.1 Å². The first kappa shape index (κ1) is 16.4. The molecule has 116 valence electrons. The van der Waals surface area contributed by atoms with Gasteiger partial charge in [0.2, 0.25) is 5.91 Å². The van der Waals surface area contributed by atoms with E-state index in [2.05, 4.69) is 23.1 Å². The number of halogens is 2. The van der Waals surface area contributed by atoms with E-state index in [-0.39, 0.29) is 24.2 Å². The lowest BCUT2D eigenvalue weighted by atomic mass is 10.1. The topological polar surface area (TPSA) is 32.8 Å². The molecule has 0 spiro atoms. The highest BCUT2D eigenvalue weighted by molar-refractivity contribution is 6.27. The predicted octanol–water partition coefficient (Wildman–Crippen LogP) is 1.93. The Bertz CT molecular complexity index is 502. The van der Waals surface area contributed by atoms with Crippen LogP contribution in [0, 0.1) is 0 Å². The van der Waals surface area contributed by atoms with Crippen LogP contribution in [0.3, 0.4) is 0 Å². The molecule has 1 saturated heterocycles. The van der Waals surface area contributed by atoms with Crippen molar-refractivity contribution in [1.29, 1.82) is 0 Å². The van der Waals surface area contributed by atoms with Crippen molar-refractivity contribution in [3.63, 3.8) is 0 Å². The molecule has 2 aliphatic rings. The number of benzene rings is 1. The maximum absolute atomic E-state index is 11.5. The van der Waals surface area contributed by atoms with Gasteiger partial charge in [-0.15, -0.1) is 24.0 Å². The zero-order valence-electron chi connectivity index (χ0n) is 11.9. The molecule has 3 rings (SSSR count). The van der Waals surface area contributed by atoms with Gasteiger partial charge >= 0.3 is 0 Å². The Balaban J connectivity index is 0.00000161. The zero-order chi connectivity index (χ0) is 13.9. The number of ether oxygens (including phenoxy) is 1. The van der Waals surface area contributed by atoms with Gasteiger partial charge in [0.25, 0.3) is 0 Å². The molecule has 2 aliphatic heterocycles. The van der Waals surface area contributed by atoms with E-state index in [1.165, 1.54) is 11.1 Å². The molecule has 0 bridgehead atoms. The average molecular weight is 331 g/mol. The zero-order valence-corrected chi connectivity index (χ0v) is 13.5. The van der Waals surface area contributed by atoms with E-state index < -0.39 is 0 Å². The summed E-state index contributed by atoms with van der Waals surface area (Å²) in [6.07, 6.45) is 1.02. The summed E-state index contributed by atoms with van der Waals surface area (Å²) >= 11 is 5.59. The van der Waals surface area contributed by atoms with Gasteiger partial charge < -0.3 is 9.64 Å². The highest BCUT2D eigenvalue weighted by Crippen LogP contribution is 2.26. The van der Waals surface area contributed by atoms with Crippen LogP contribution in [0.1, 0.15) is 11.1 Å². The van der Waals surface area contributed by atoms with E-state index in [1.54, 1.807) is 0 Å². The Kier molecular flexibility index (Phi) is 5.73. The lowest BCUT2D eigenvalue weighted by Gasteiger charge is -2.34. The second-order valence-corrected chi connectivity index (χ2v) is 5.60. The minimum atomic E-state index is 0. The smallest absolute Gasteiger partial charge is 0.237 e. The Morgan fingerprint density at radius 3 is 2.71 bits per heavy atom. The first-order valence-electron chi connectivity index (χ1n) is 7.07. The van der Waals surface area contributed by atoms with E-state index in [9.17, 15) is 4.79 Å². The third kappa shape index (κ3) is 3.82. The maximum Gasteiger partial charge on any atom is 0.237 e. The summed E-state index contributed by atoms with van der Waals surface area (Å²) < 4.78 is 5.53. The van der Waals surface area contributed by atoms with E-state index >= 15 is 0 Å². The van der Waals surface area contributed by atoms with Crippen molar-refractivity contribution in [2.24, 2.45) is 0 Å². The molecule has 0 atom stereocenters. The van der Waals surface area contributed by atoms with Crippen LogP contribution in [-0.2, 0) is 17.8 Å². The summed E-state index contributed by atoms with van der Waals surface area (Å²) in [5.74, 6) is 1.16. The van der Waals surface area contributed by atoms with Crippen molar-refractivity contribution in [2.45, 2.75) is 13.0 Å². The number of rotatable bonds is 3. The highest BCUT2D eigenvalue weighted by atomic mass is 35.5. The molecule has 0 saturated carbocycles. The Hall–Kier alpha value is -0.970. The second kappa shape index (κ2) is 7.34. The number of carbonyl (C=O) groups is 1. The van der Waals surface area contributed by atoms with Crippen LogP contribution in [0.4, 0.5) is 0 Å². The minimum Gasteiger partial charge on any atom is -0.493 e. The molecule has 4 nitrogen and oxygen atoms in total. The summed E-state index contributed by atoms with van der Waals surface area (Å²) in [4.78, 5) is 15.8. The molecule has 1 amide bonds. The first-order chi connectivity index (χ1) is 9.76. The van der Waals surface area contributed by atoms with Gasteiger partial charge in [0.1, 0.15) is 11.6 Å². The molecular formula is C15H20Cl2N2O2. The highest BCUT2D eigenvalue weighted by Gasteiger charge is 2.21. The molecular weight excluding hydrogens is 311 g/mol. The molecule has 0 aromatic heterocycles. The number of amides is 1. The van der Waals surface area contributed by atoms with E-state index in [0.717, 1.165) is 51.5 Å². The number of hydrogen-bond acceptors (Lipinski definition) is 3. The van der Waals surface area contributed by atoms with Crippen LogP contribution in [0.15, 0.2) is 18.2 Å². The number of piperazine rings is 1. The normalized spacial score (nSPS) is 17.9. The second-order valence-electron chi connectivity index (χ2n) is 5.33. The van der Waals surface area contributed by atoms with E-state index in [1.807, 2.05) is 4.90 Å². The van der Waals surface area contributed by atoms with Crippen molar-refractivity contribution >= 4 is 29.9 Å². The van der Waals surface area contributed by atoms with Gasteiger partial charge in [-0.2, -0.15) is 0 Å². The average Bonchev–Trinajstić information content (AvgIpc) is 2.95. The van der Waals surface area contributed by atoms with Gasteiger partial charge in [-0.05, 0) is 17.2 Å². The van der Waals surface area contributed by atoms with Gasteiger partial charge in [-0.25, -0.2) is 0 Å². The Labute approximate surface area is 136 Å². The van der Waals surface area contributed by atoms with Gasteiger partial charge in [0.05, 0.1) is 6.61 Å². The van der Waals surface area contributed by atoms with Crippen LogP contribution in [0.25, 0.3) is 0 Å². The van der Waals surface area contributed by atoms with Gasteiger partial charge in [0.15, 0.2) is 0 Å². The molecule has 1 aromatic rings. The van der Waals surface area contributed by atoms with Gasteiger partial charge in [0, 0.05) is 39.1 Å². The summed E-state index contributed by atoms with van der Waals surface area (Å²) in [6.45, 7) is 5.12. The van der Waals surface area contributed by atoms with Crippen LogP contribution in [0.2, 0.25) is 0 Å². The number of nitrogens with zero attached hydrogens (tertiary/aromatic N) is 2. The molecule has 0 aliphatic carbocycles. The third-order valence-electron chi connectivity index (χ3n) is 4.00. The van der Waals surface area contributed by atoms with Crippen LogP contribution < -0.4 is 4.74 Å². The van der Waals surface area contributed by atoms with E-state index in [0.29, 0.717) is 0 Å². The quantitative estimate of drug-likeness (QED) is 0.794. The fraction of sp³-hybridized carbons (Fsp3) is 0.533. The van der Waals surface area contributed by atoms with Crippen LogP contribution in [-0.4, -0.2) is 54.4 Å². The number of fused-ring (bicyclic) bond motifs is 1. The fourth-order valence-corrected chi connectivity index (χ4v) is 3.01. The molecule has 0 unspecified atom stereocenters. The predicted molar refractivity (Wildman–Crippen MR) is 85.5 cm³/mol. The molecule has 6 heteroatoms.